The number of nitrogens with zero attached hydrogens (tertiary/aromatic N) is 1. The van der Waals surface area contributed by atoms with E-state index in [-0.39, 0.29) is 11.8 Å². The largest absolute Gasteiger partial charge is 0.495 e. The molecule has 0 spiro atoms. The summed E-state index contributed by atoms with van der Waals surface area (Å²) in [7, 11) is 3.01. The second-order valence-corrected chi connectivity index (χ2v) is 7.17. The number of hydrogen-bond donors (Lipinski definition) is 1. The van der Waals surface area contributed by atoms with Crippen molar-refractivity contribution in [2.45, 2.75) is 18.9 Å². The minimum absolute atomic E-state index is 0.114. The summed E-state index contributed by atoms with van der Waals surface area (Å²) in [6, 6.07) is 6.27. The highest BCUT2D eigenvalue weighted by atomic mass is 35.5. The molecule has 2 aromatic rings. The smallest absolute Gasteiger partial charge is 0.264 e. The Hall–Kier alpha value is -2.25. The Morgan fingerprint density at radius 2 is 2.04 bits per heavy atom. The van der Waals surface area contributed by atoms with Crippen LogP contribution in [0, 0.1) is 0 Å². The lowest BCUT2D eigenvalue weighted by atomic mass is 10.2. The van der Waals surface area contributed by atoms with Gasteiger partial charge in [-0.25, -0.2) is 0 Å². The van der Waals surface area contributed by atoms with Gasteiger partial charge >= 0.3 is 0 Å². The van der Waals surface area contributed by atoms with Crippen molar-refractivity contribution in [1.82, 2.24) is 4.90 Å². The van der Waals surface area contributed by atoms with Crippen LogP contribution in [0.2, 0.25) is 5.02 Å². The first-order valence-electron chi connectivity index (χ1n) is 8.12. The normalized spacial score (nSPS) is 16.4. The number of carbonyl (C=O) groups excluding carboxylic acids is 2. The molecule has 2 heterocycles. The number of methoxy groups -OCH3 is 2. The number of benzene rings is 1. The van der Waals surface area contributed by atoms with Crippen LogP contribution in [-0.2, 0) is 4.79 Å². The van der Waals surface area contributed by atoms with Gasteiger partial charge in [-0.1, -0.05) is 17.7 Å². The molecule has 1 aromatic heterocycles. The molecule has 1 unspecified atom stereocenters. The fraction of sp³-hybridized carbons (Fsp3) is 0.333. The first-order valence-corrected chi connectivity index (χ1v) is 9.37. The maximum atomic E-state index is 12.8. The first kappa shape index (κ1) is 18.5. The van der Waals surface area contributed by atoms with Crippen LogP contribution in [0.1, 0.15) is 22.5 Å². The van der Waals surface area contributed by atoms with Gasteiger partial charge < -0.3 is 19.7 Å². The quantitative estimate of drug-likeness (QED) is 0.840. The molecule has 26 heavy (non-hydrogen) atoms. The maximum Gasteiger partial charge on any atom is 0.264 e. The predicted octanol–water partition coefficient (Wildman–Crippen LogP) is 3.66. The number of carbonyl (C=O) groups is 2. The van der Waals surface area contributed by atoms with Gasteiger partial charge in [0.25, 0.3) is 5.91 Å². The topological polar surface area (TPSA) is 67.9 Å². The molecular weight excluding hydrogens is 376 g/mol. The lowest BCUT2D eigenvalue weighted by molar-refractivity contribution is -0.119. The Bertz CT molecular complexity index is 810. The van der Waals surface area contributed by atoms with Crippen molar-refractivity contribution in [2.75, 3.05) is 26.1 Å². The van der Waals surface area contributed by atoms with Crippen LogP contribution in [0.3, 0.4) is 0 Å². The molecule has 138 valence electrons. The van der Waals surface area contributed by atoms with E-state index in [4.69, 9.17) is 21.1 Å². The molecule has 1 aliphatic rings. The standard InChI is InChI=1S/C18H19ClN2O4S/c1-24-14-10-15(25-2)12(9-11(14)19)20-17(22)13-5-3-7-21(13)18(23)16-6-4-8-26-16/h4,6,8-10,13H,3,5,7H2,1-2H3,(H,20,22). The highest BCUT2D eigenvalue weighted by molar-refractivity contribution is 7.12. The van der Waals surface area contributed by atoms with Crippen molar-refractivity contribution in [3.05, 3.63) is 39.5 Å². The average Bonchev–Trinajstić information content (AvgIpc) is 3.33. The van der Waals surface area contributed by atoms with Gasteiger partial charge in [0.2, 0.25) is 5.91 Å². The van der Waals surface area contributed by atoms with E-state index in [1.165, 1.54) is 25.6 Å². The third-order valence-corrected chi connectivity index (χ3v) is 5.43. The van der Waals surface area contributed by atoms with Gasteiger partial charge in [-0.3, -0.25) is 9.59 Å². The van der Waals surface area contributed by atoms with Gasteiger partial charge in [-0.2, -0.15) is 0 Å². The van der Waals surface area contributed by atoms with Crippen LogP contribution in [0.5, 0.6) is 11.5 Å². The van der Waals surface area contributed by atoms with E-state index in [1.807, 2.05) is 11.4 Å². The Balaban J connectivity index is 1.79. The number of hydrogen-bond acceptors (Lipinski definition) is 5. The lowest BCUT2D eigenvalue weighted by Gasteiger charge is -2.24. The molecule has 0 saturated carbocycles. The number of rotatable bonds is 5. The van der Waals surface area contributed by atoms with Crippen molar-refractivity contribution in [3.63, 3.8) is 0 Å². The summed E-state index contributed by atoms with van der Waals surface area (Å²) in [5.41, 5.74) is 0.443. The second kappa shape index (κ2) is 7.97. The number of thiophene rings is 1. The van der Waals surface area contributed by atoms with Gasteiger partial charge in [-0.05, 0) is 30.4 Å². The van der Waals surface area contributed by atoms with Gasteiger partial charge in [0.1, 0.15) is 17.5 Å². The summed E-state index contributed by atoms with van der Waals surface area (Å²) in [6.07, 6.45) is 1.41. The molecule has 1 fully saturated rings. The van der Waals surface area contributed by atoms with Crippen LogP contribution in [0.4, 0.5) is 5.69 Å². The second-order valence-electron chi connectivity index (χ2n) is 5.81. The van der Waals surface area contributed by atoms with Crippen molar-refractivity contribution >= 4 is 40.4 Å². The van der Waals surface area contributed by atoms with Crippen molar-refractivity contribution in [1.29, 1.82) is 0 Å². The molecule has 1 N–H and O–H groups in total. The Labute approximate surface area is 160 Å². The number of anilines is 1. The summed E-state index contributed by atoms with van der Waals surface area (Å²) in [6.45, 7) is 0.565. The molecule has 3 rings (SSSR count). The zero-order valence-electron chi connectivity index (χ0n) is 14.5. The summed E-state index contributed by atoms with van der Waals surface area (Å²) >= 11 is 7.53. The fourth-order valence-corrected chi connectivity index (χ4v) is 3.92. The molecule has 1 atom stereocenters. The fourth-order valence-electron chi connectivity index (χ4n) is 3.00. The van der Waals surface area contributed by atoms with Gasteiger partial charge in [0.05, 0.1) is 29.8 Å². The molecule has 1 saturated heterocycles. The summed E-state index contributed by atoms with van der Waals surface area (Å²) in [4.78, 5) is 27.7. The molecule has 0 aliphatic carbocycles. The molecule has 2 amide bonds. The van der Waals surface area contributed by atoms with E-state index in [1.54, 1.807) is 23.1 Å². The summed E-state index contributed by atoms with van der Waals surface area (Å²) in [5, 5.41) is 5.04. The number of amides is 2. The summed E-state index contributed by atoms with van der Waals surface area (Å²) in [5.74, 6) is 0.523. The van der Waals surface area contributed by atoms with E-state index in [0.717, 1.165) is 6.42 Å². The van der Waals surface area contributed by atoms with E-state index in [2.05, 4.69) is 5.32 Å². The average molecular weight is 395 g/mol. The monoisotopic (exact) mass is 394 g/mol. The van der Waals surface area contributed by atoms with Crippen LogP contribution in [-0.4, -0.2) is 43.5 Å². The van der Waals surface area contributed by atoms with E-state index in [0.29, 0.717) is 40.1 Å². The zero-order chi connectivity index (χ0) is 18.7. The zero-order valence-corrected chi connectivity index (χ0v) is 16.0. The number of likely N-dealkylation sites (tertiary alicyclic amines) is 1. The van der Waals surface area contributed by atoms with Crippen LogP contribution in [0.15, 0.2) is 29.6 Å². The van der Waals surface area contributed by atoms with Crippen LogP contribution in [0.25, 0.3) is 0 Å². The minimum atomic E-state index is -0.518. The molecule has 8 heteroatoms. The minimum Gasteiger partial charge on any atom is -0.495 e. The third kappa shape index (κ3) is 3.64. The molecular formula is C18H19ClN2O4S. The van der Waals surface area contributed by atoms with Gasteiger partial charge in [0.15, 0.2) is 0 Å². The number of halogens is 1. The van der Waals surface area contributed by atoms with Crippen molar-refractivity contribution in [3.8, 4) is 11.5 Å². The Morgan fingerprint density at radius 1 is 1.27 bits per heavy atom. The Morgan fingerprint density at radius 3 is 2.69 bits per heavy atom. The van der Waals surface area contributed by atoms with E-state index < -0.39 is 6.04 Å². The number of ether oxygens (including phenoxy) is 2. The Kier molecular flexibility index (Phi) is 5.68. The van der Waals surface area contributed by atoms with Crippen LogP contribution >= 0.6 is 22.9 Å². The maximum absolute atomic E-state index is 12.8. The van der Waals surface area contributed by atoms with Gasteiger partial charge in [0, 0.05) is 12.6 Å². The highest BCUT2D eigenvalue weighted by Gasteiger charge is 2.35. The summed E-state index contributed by atoms with van der Waals surface area (Å²) < 4.78 is 10.5. The van der Waals surface area contributed by atoms with Gasteiger partial charge in [-0.15, -0.1) is 11.3 Å². The third-order valence-electron chi connectivity index (χ3n) is 4.28. The van der Waals surface area contributed by atoms with Crippen molar-refractivity contribution < 1.29 is 19.1 Å². The van der Waals surface area contributed by atoms with Crippen molar-refractivity contribution in [2.24, 2.45) is 0 Å². The lowest BCUT2D eigenvalue weighted by Crippen LogP contribution is -2.43. The molecule has 0 radical (unpaired) electrons. The molecule has 6 nitrogen and oxygen atoms in total. The molecule has 0 bridgehead atoms. The predicted molar refractivity (Wildman–Crippen MR) is 102 cm³/mol. The van der Waals surface area contributed by atoms with E-state index in [9.17, 15) is 9.59 Å². The first-order chi connectivity index (χ1) is 12.5. The van der Waals surface area contributed by atoms with Crippen LogP contribution < -0.4 is 14.8 Å². The number of nitrogens with one attached hydrogen (secondary N) is 1. The molecule has 1 aliphatic heterocycles. The molecule has 1 aromatic carbocycles. The highest BCUT2D eigenvalue weighted by Crippen LogP contribution is 2.36. The van der Waals surface area contributed by atoms with E-state index >= 15 is 0 Å². The SMILES string of the molecule is COc1cc(OC)c(NC(=O)C2CCCN2C(=O)c2cccs2)cc1Cl.